The van der Waals surface area contributed by atoms with E-state index in [1.54, 1.807) is 63.0 Å². The van der Waals surface area contributed by atoms with E-state index in [9.17, 15) is 13.2 Å². The zero-order valence-corrected chi connectivity index (χ0v) is 18.8. The van der Waals surface area contributed by atoms with Crippen molar-refractivity contribution >= 4 is 26.7 Å². The summed E-state index contributed by atoms with van der Waals surface area (Å²) in [7, 11) is -0.435. The van der Waals surface area contributed by atoms with Crippen molar-refractivity contribution in [1.82, 2.24) is 10.3 Å². The van der Waals surface area contributed by atoms with Crippen molar-refractivity contribution in [1.29, 1.82) is 0 Å². The van der Waals surface area contributed by atoms with Crippen molar-refractivity contribution < 1.29 is 27.1 Å². The standard InChI is InChI=1S/C23H26N2O6S/c1-29-17-5-8-19(30-2)22(12-17)32(27,28)18-6-3-15(4-7-18)13-25-23(26)20-11-16-9-10-24-14-21(16)31-20/h3-4,6-7,9-11,14,17,19,22H,5,8,12-13H2,1-2H3,(H,25,26). The van der Waals surface area contributed by atoms with Crippen molar-refractivity contribution in [2.45, 2.75) is 48.2 Å². The molecule has 1 fully saturated rings. The largest absolute Gasteiger partial charge is 0.449 e. The second-order valence-corrected chi connectivity index (χ2v) is 10.0. The Labute approximate surface area is 186 Å². The van der Waals surface area contributed by atoms with Crippen LogP contribution in [0.25, 0.3) is 11.0 Å². The Morgan fingerprint density at radius 3 is 2.62 bits per heavy atom. The number of aromatic nitrogens is 1. The van der Waals surface area contributed by atoms with Gasteiger partial charge in [0.05, 0.1) is 28.6 Å². The van der Waals surface area contributed by atoms with Crippen molar-refractivity contribution in [2.75, 3.05) is 14.2 Å². The molecular weight excluding hydrogens is 432 g/mol. The summed E-state index contributed by atoms with van der Waals surface area (Å²) in [5, 5.41) is 2.93. The van der Waals surface area contributed by atoms with Gasteiger partial charge in [-0.25, -0.2) is 8.42 Å². The maximum Gasteiger partial charge on any atom is 0.287 e. The van der Waals surface area contributed by atoms with Gasteiger partial charge in [0.2, 0.25) is 0 Å². The van der Waals surface area contributed by atoms with Crippen LogP contribution in [0.1, 0.15) is 35.4 Å². The first-order valence-electron chi connectivity index (χ1n) is 10.4. The van der Waals surface area contributed by atoms with Crippen LogP contribution in [0.15, 0.2) is 58.1 Å². The molecule has 1 aliphatic rings. The van der Waals surface area contributed by atoms with Gasteiger partial charge in [-0.3, -0.25) is 9.78 Å². The third-order valence-electron chi connectivity index (χ3n) is 5.97. The molecule has 3 atom stereocenters. The Hall–Kier alpha value is -2.75. The van der Waals surface area contributed by atoms with Gasteiger partial charge in [-0.05, 0) is 49.1 Å². The first-order chi connectivity index (χ1) is 15.4. The molecule has 170 valence electrons. The third-order valence-corrected chi connectivity index (χ3v) is 8.19. The smallest absolute Gasteiger partial charge is 0.287 e. The molecule has 0 spiro atoms. The highest BCUT2D eigenvalue weighted by Gasteiger charge is 2.40. The number of hydrogen-bond donors (Lipinski definition) is 1. The fraction of sp³-hybridized carbons (Fsp3) is 0.391. The molecule has 0 radical (unpaired) electrons. The Kier molecular flexibility index (Phi) is 6.59. The van der Waals surface area contributed by atoms with E-state index >= 15 is 0 Å². The first kappa shape index (κ1) is 22.4. The van der Waals surface area contributed by atoms with E-state index in [-0.39, 0.29) is 35.3 Å². The predicted octanol–water partition coefficient (Wildman–Crippen LogP) is 3.11. The summed E-state index contributed by atoms with van der Waals surface area (Å²) in [6.45, 7) is 0.240. The number of pyridine rings is 1. The van der Waals surface area contributed by atoms with Gasteiger partial charge >= 0.3 is 0 Å². The molecule has 4 rings (SSSR count). The number of fused-ring (bicyclic) bond motifs is 1. The lowest BCUT2D eigenvalue weighted by Crippen LogP contribution is -2.43. The van der Waals surface area contributed by atoms with E-state index in [0.717, 1.165) is 17.4 Å². The fourth-order valence-electron chi connectivity index (χ4n) is 4.11. The molecule has 0 bridgehead atoms. The second-order valence-electron chi connectivity index (χ2n) is 7.88. The summed E-state index contributed by atoms with van der Waals surface area (Å²) in [6.07, 6.45) is 4.56. The number of carbonyl (C=O) groups excluding carboxylic acids is 1. The zero-order valence-electron chi connectivity index (χ0n) is 18.0. The molecule has 2 heterocycles. The highest BCUT2D eigenvalue weighted by molar-refractivity contribution is 7.92. The molecule has 32 heavy (non-hydrogen) atoms. The maximum atomic E-state index is 13.2. The van der Waals surface area contributed by atoms with Crippen LogP contribution in [0.5, 0.6) is 0 Å². The number of ether oxygens (including phenoxy) is 2. The number of amides is 1. The van der Waals surface area contributed by atoms with Gasteiger partial charge in [0.25, 0.3) is 5.91 Å². The molecule has 1 N–H and O–H groups in total. The summed E-state index contributed by atoms with van der Waals surface area (Å²) in [4.78, 5) is 16.6. The summed E-state index contributed by atoms with van der Waals surface area (Å²) < 4.78 is 42.9. The summed E-state index contributed by atoms with van der Waals surface area (Å²) in [5.41, 5.74) is 1.32. The van der Waals surface area contributed by atoms with Crippen molar-refractivity contribution in [3.63, 3.8) is 0 Å². The molecule has 1 aromatic carbocycles. The highest BCUT2D eigenvalue weighted by Crippen LogP contribution is 2.32. The zero-order chi connectivity index (χ0) is 22.7. The van der Waals surface area contributed by atoms with Gasteiger partial charge < -0.3 is 19.2 Å². The SMILES string of the molecule is COC1CCC(OC)C(S(=O)(=O)c2ccc(CNC(=O)c3cc4ccncc4o3)cc2)C1. The minimum Gasteiger partial charge on any atom is -0.449 e. The number of sulfone groups is 1. The van der Waals surface area contributed by atoms with Crippen molar-refractivity contribution in [2.24, 2.45) is 0 Å². The van der Waals surface area contributed by atoms with E-state index in [1.807, 2.05) is 0 Å². The van der Waals surface area contributed by atoms with Crippen LogP contribution in [-0.2, 0) is 25.9 Å². The van der Waals surface area contributed by atoms with Gasteiger partial charge in [-0.1, -0.05) is 12.1 Å². The number of nitrogens with one attached hydrogen (secondary N) is 1. The normalized spacial score (nSPS) is 21.5. The molecule has 9 heteroatoms. The van der Waals surface area contributed by atoms with E-state index < -0.39 is 15.1 Å². The number of nitrogens with zero attached hydrogens (tertiary/aromatic N) is 1. The second kappa shape index (κ2) is 9.40. The Morgan fingerprint density at radius 1 is 1.16 bits per heavy atom. The van der Waals surface area contributed by atoms with Crippen LogP contribution in [0, 0.1) is 0 Å². The summed E-state index contributed by atoms with van der Waals surface area (Å²) in [5.74, 6) is -0.156. The third kappa shape index (κ3) is 4.55. The number of furan rings is 1. The van der Waals surface area contributed by atoms with Crippen LogP contribution >= 0.6 is 0 Å². The topological polar surface area (TPSA) is 108 Å². The first-order valence-corrected chi connectivity index (χ1v) is 12.0. The molecular formula is C23H26N2O6S. The van der Waals surface area contributed by atoms with Gasteiger partial charge in [-0.15, -0.1) is 0 Å². The lowest BCUT2D eigenvalue weighted by molar-refractivity contribution is 0.00720. The molecule has 1 amide bonds. The van der Waals surface area contributed by atoms with E-state index in [2.05, 4.69) is 10.3 Å². The van der Waals surface area contributed by atoms with E-state index in [1.165, 1.54) is 0 Å². The highest BCUT2D eigenvalue weighted by atomic mass is 32.2. The lowest BCUT2D eigenvalue weighted by atomic mass is 9.94. The van der Waals surface area contributed by atoms with E-state index in [4.69, 9.17) is 13.9 Å². The molecule has 1 saturated carbocycles. The van der Waals surface area contributed by atoms with Gasteiger partial charge in [0.1, 0.15) is 0 Å². The number of rotatable bonds is 7. The average molecular weight is 459 g/mol. The minimum absolute atomic E-state index is 0.0929. The molecule has 3 unspecified atom stereocenters. The Morgan fingerprint density at radius 2 is 1.94 bits per heavy atom. The summed E-state index contributed by atoms with van der Waals surface area (Å²) in [6, 6.07) is 9.98. The number of benzene rings is 1. The van der Waals surface area contributed by atoms with Crippen molar-refractivity contribution in [3.05, 3.63) is 60.1 Å². The predicted molar refractivity (Wildman–Crippen MR) is 118 cm³/mol. The minimum atomic E-state index is -3.59. The van der Waals surface area contributed by atoms with Gasteiger partial charge in [-0.2, -0.15) is 0 Å². The van der Waals surface area contributed by atoms with Gasteiger partial charge in [0.15, 0.2) is 21.2 Å². The maximum absolute atomic E-state index is 13.2. The van der Waals surface area contributed by atoms with Gasteiger partial charge in [0, 0.05) is 32.3 Å². The molecule has 3 aromatic rings. The van der Waals surface area contributed by atoms with Crippen LogP contribution in [0.3, 0.4) is 0 Å². The van der Waals surface area contributed by atoms with Crippen molar-refractivity contribution in [3.8, 4) is 0 Å². The number of methoxy groups -OCH3 is 2. The monoisotopic (exact) mass is 458 g/mol. The molecule has 8 nitrogen and oxygen atoms in total. The fourth-order valence-corrected chi connectivity index (χ4v) is 6.09. The van der Waals surface area contributed by atoms with Crippen LogP contribution in [0.2, 0.25) is 0 Å². The van der Waals surface area contributed by atoms with Crippen LogP contribution in [0.4, 0.5) is 0 Å². The quantitative estimate of drug-likeness (QED) is 0.580. The molecule has 2 aromatic heterocycles. The Bertz CT molecular complexity index is 1160. The molecule has 0 saturated heterocycles. The molecule has 0 aliphatic heterocycles. The van der Waals surface area contributed by atoms with E-state index in [0.29, 0.717) is 18.4 Å². The lowest BCUT2D eigenvalue weighted by Gasteiger charge is -2.34. The Balaban J connectivity index is 1.43. The summed E-state index contributed by atoms with van der Waals surface area (Å²) >= 11 is 0. The molecule has 1 aliphatic carbocycles. The number of hydrogen-bond acceptors (Lipinski definition) is 7. The average Bonchev–Trinajstić information content (AvgIpc) is 3.27. The van der Waals surface area contributed by atoms with Crippen LogP contribution in [-0.4, -0.2) is 51.0 Å². The van der Waals surface area contributed by atoms with Crippen LogP contribution < -0.4 is 5.32 Å². The number of carbonyl (C=O) groups is 1.